The zero-order chi connectivity index (χ0) is 39.5. The molecule has 8 heteroatoms. The molecule has 5 aliphatic carbocycles. The number of allylic oxidation sites excluding steroid dienone is 4. The van der Waals surface area contributed by atoms with Gasteiger partial charge in [0.1, 0.15) is 12.2 Å². The van der Waals surface area contributed by atoms with Crippen LogP contribution in [0.1, 0.15) is 126 Å². The second-order valence-corrected chi connectivity index (χ2v) is 18.2. The number of nitrogens with two attached hydrogens (primary N) is 2. The fourth-order valence-electron chi connectivity index (χ4n) is 11.6. The fraction of sp³-hybridized carbons (Fsp3) is 0.574. The fourth-order valence-corrected chi connectivity index (χ4v) is 11.6. The number of nitrogen functional groups attached to an aromatic ring is 2. The molecule has 0 spiro atoms. The summed E-state index contributed by atoms with van der Waals surface area (Å²) in [6.45, 7) is 12.3. The van der Waals surface area contributed by atoms with Crippen LogP contribution in [0.5, 0.6) is 0 Å². The van der Waals surface area contributed by atoms with Crippen molar-refractivity contribution in [2.24, 2.45) is 52.3 Å². The molecular formula is C47H62N2O6. The Morgan fingerprint density at radius 3 is 1.76 bits per heavy atom. The van der Waals surface area contributed by atoms with Gasteiger partial charge in [0.05, 0.1) is 11.1 Å². The summed E-state index contributed by atoms with van der Waals surface area (Å²) in [6.07, 6.45) is 17.2. The molecule has 296 valence electrons. The molecule has 0 amide bonds. The van der Waals surface area contributed by atoms with E-state index in [1.165, 1.54) is 69.2 Å². The summed E-state index contributed by atoms with van der Waals surface area (Å²) in [5.41, 5.74) is 14.5. The van der Waals surface area contributed by atoms with Crippen molar-refractivity contribution in [2.75, 3.05) is 11.5 Å². The van der Waals surface area contributed by atoms with Crippen LogP contribution < -0.4 is 11.5 Å². The summed E-state index contributed by atoms with van der Waals surface area (Å²) in [4.78, 5) is 47.4. The number of hydrogen-bond donors (Lipinski definition) is 2. The number of ether oxygens (including phenoxy) is 2. The summed E-state index contributed by atoms with van der Waals surface area (Å²) in [7, 11) is 0. The molecule has 2 aromatic rings. The minimum Gasteiger partial charge on any atom is -0.459 e. The van der Waals surface area contributed by atoms with Crippen LogP contribution >= 0.6 is 0 Å². The summed E-state index contributed by atoms with van der Waals surface area (Å²) in [5.74, 6) is 3.39. The molecule has 0 heterocycles. The van der Waals surface area contributed by atoms with Gasteiger partial charge in [-0.2, -0.15) is 0 Å². The maximum absolute atomic E-state index is 13.7. The number of rotatable bonds is 9. The molecule has 0 aliphatic heterocycles. The Balaban J connectivity index is 0.000000572. The van der Waals surface area contributed by atoms with Crippen LogP contribution in [0.15, 0.2) is 72.8 Å². The average Bonchev–Trinajstić information content (AvgIpc) is 3.51. The molecule has 0 bridgehead atoms. The molecule has 8 nitrogen and oxygen atoms in total. The molecule has 4 N–H and O–H groups in total. The van der Waals surface area contributed by atoms with E-state index in [0.29, 0.717) is 45.7 Å². The first-order valence-corrected chi connectivity index (χ1v) is 20.7. The second kappa shape index (κ2) is 16.9. The Morgan fingerprint density at radius 2 is 1.20 bits per heavy atom. The monoisotopic (exact) mass is 750 g/mol. The SMILES string of the molecule is CC(C)CCC[C@@H](C)[C@H]1CC[C@H]2[C@@H]3CC(OC(=O)c4ccc(N)cc4)C4CC(OC(=O)c5ccc(N)cc5)CC[C@]4(C)[C@H]3CC[C@]12C.O=C1C=CC(=O)C=C1. The van der Waals surface area contributed by atoms with E-state index in [0.717, 1.165) is 43.4 Å². The van der Waals surface area contributed by atoms with Crippen molar-refractivity contribution >= 4 is 34.9 Å². The number of carbonyl (C=O) groups is 4. The van der Waals surface area contributed by atoms with Crippen LogP contribution in [0, 0.1) is 52.3 Å². The number of carbonyl (C=O) groups excluding carboxylic acids is 4. The third kappa shape index (κ3) is 8.94. The summed E-state index contributed by atoms with van der Waals surface area (Å²) < 4.78 is 12.7. The van der Waals surface area contributed by atoms with Gasteiger partial charge in [-0.25, -0.2) is 9.59 Å². The molecule has 4 saturated carbocycles. The van der Waals surface area contributed by atoms with Crippen LogP contribution in [0.3, 0.4) is 0 Å². The molecule has 0 saturated heterocycles. The lowest BCUT2D eigenvalue weighted by atomic mass is 9.43. The first kappa shape index (κ1) is 40.5. The predicted molar refractivity (Wildman–Crippen MR) is 217 cm³/mol. The normalized spacial score (nSPS) is 32.7. The van der Waals surface area contributed by atoms with Crippen molar-refractivity contribution in [3.05, 3.63) is 84.0 Å². The van der Waals surface area contributed by atoms with Crippen LogP contribution in [0.4, 0.5) is 11.4 Å². The number of anilines is 2. The lowest BCUT2D eigenvalue weighted by Gasteiger charge is -2.62. The molecule has 10 atom stereocenters. The molecule has 3 unspecified atom stereocenters. The van der Waals surface area contributed by atoms with Gasteiger partial charge in [-0.3, -0.25) is 9.59 Å². The van der Waals surface area contributed by atoms with E-state index in [1.54, 1.807) is 48.5 Å². The van der Waals surface area contributed by atoms with Crippen molar-refractivity contribution in [2.45, 2.75) is 117 Å². The Morgan fingerprint density at radius 1 is 0.673 bits per heavy atom. The number of fused-ring (bicyclic) bond motifs is 5. The van der Waals surface area contributed by atoms with Gasteiger partial charge in [0.2, 0.25) is 0 Å². The van der Waals surface area contributed by atoms with E-state index in [-0.39, 0.29) is 47.0 Å². The van der Waals surface area contributed by atoms with E-state index >= 15 is 0 Å². The Bertz CT molecular complexity index is 1730. The summed E-state index contributed by atoms with van der Waals surface area (Å²) in [5, 5.41) is 0. The topological polar surface area (TPSA) is 139 Å². The maximum atomic E-state index is 13.7. The number of esters is 2. The van der Waals surface area contributed by atoms with Crippen molar-refractivity contribution in [3.8, 4) is 0 Å². The quantitative estimate of drug-likeness (QED) is 0.147. The third-order valence-corrected chi connectivity index (χ3v) is 14.5. The molecule has 5 aliphatic rings. The number of benzene rings is 2. The molecule has 2 aromatic carbocycles. The Kier molecular flexibility index (Phi) is 12.4. The zero-order valence-corrected chi connectivity index (χ0v) is 33.5. The molecule has 55 heavy (non-hydrogen) atoms. The highest BCUT2D eigenvalue weighted by atomic mass is 16.6. The predicted octanol–water partition coefficient (Wildman–Crippen LogP) is 9.58. The summed E-state index contributed by atoms with van der Waals surface area (Å²) >= 11 is 0. The lowest BCUT2D eigenvalue weighted by molar-refractivity contribution is -0.174. The van der Waals surface area contributed by atoms with Crippen LogP contribution in [-0.2, 0) is 19.1 Å². The number of hydrogen-bond acceptors (Lipinski definition) is 8. The van der Waals surface area contributed by atoms with Gasteiger partial charge in [-0.15, -0.1) is 0 Å². The third-order valence-electron chi connectivity index (χ3n) is 14.5. The van der Waals surface area contributed by atoms with Gasteiger partial charge >= 0.3 is 11.9 Å². The summed E-state index contributed by atoms with van der Waals surface area (Å²) in [6, 6.07) is 14.0. The maximum Gasteiger partial charge on any atom is 0.338 e. The van der Waals surface area contributed by atoms with Crippen molar-refractivity contribution in [1.82, 2.24) is 0 Å². The Labute approximate surface area is 327 Å². The van der Waals surface area contributed by atoms with Gasteiger partial charge in [-0.1, -0.05) is 53.9 Å². The van der Waals surface area contributed by atoms with E-state index in [1.807, 2.05) is 0 Å². The molecule has 0 aromatic heterocycles. The second-order valence-electron chi connectivity index (χ2n) is 18.2. The smallest absolute Gasteiger partial charge is 0.338 e. The van der Waals surface area contributed by atoms with E-state index in [2.05, 4.69) is 34.6 Å². The van der Waals surface area contributed by atoms with Gasteiger partial charge in [-0.05, 0) is 171 Å². The van der Waals surface area contributed by atoms with Crippen LogP contribution in [-0.4, -0.2) is 35.7 Å². The highest BCUT2D eigenvalue weighted by Gasteiger charge is 2.63. The first-order chi connectivity index (χ1) is 26.2. The molecule has 7 rings (SSSR count). The lowest BCUT2D eigenvalue weighted by Crippen LogP contribution is -2.59. The standard InChI is InChI=1S/C41H58N2O4.C6H4O2/c1-25(2)7-6-8-26(3)33-17-18-34-32-24-37(47-39(45)28-11-15-30(43)16-12-28)36-23-31(46-38(44)27-9-13-29(42)14-10-27)19-21-41(36,5)35(32)20-22-40(33,34)4;7-5-1-2-6(8)4-3-5/h9-16,25-26,31-37H,6-8,17-24,42-43H2,1-5H3;1-4H/t26-,31?,32+,33-,34+,35+,36?,37?,40-,41-;/m1./s1. The van der Waals surface area contributed by atoms with Gasteiger partial charge in [0.15, 0.2) is 11.6 Å². The number of ketones is 2. The largest absolute Gasteiger partial charge is 0.459 e. The molecule has 4 fully saturated rings. The van der Waals surface area contributed by atoms with E-state index in [9.17, 15) is 19.2 Å². The molecular weight excluding hydrogens is 689 g/mol. The van der Waals surface area contributed by atoms with Crippen LogP contribution in [0.2, 0.25) is 0 Å². The first-order valence-electron chi connectivity index (χ1n) is 20.7. The highest BCUT2D eigenvalue weighted by molar-refractivity contribution is 6.14. The highest BCUT2D eigenvalue weighted by Crippen LogP contribution is 2.69. The van der Waals surface area contributed by atoms with E-state index in [4.69, 9.17) is 20.9 Å². The van der Waals surface area contributed by atoms with Crippen LogP contribution in [0.25, 0.3) is 0 Å². The minimum absolute atomic E-state index is 0.0291. The van der Waals surface area contributed by atoms with Crippen molar-refractivity contribution < 1.29 is 28.7 Å². The van der Waals surface area contributed by atoms with E-state index < -0.39 is 0 Å². The molecule has 0 radical (unpaired) electrons. The Hall–Kier alpha value is -4.20. The van der Waals surface area contributed by atoms with Gasteiger partial charge in [0.25, 0.3) is 0 Å². The average molecular weight is 751 g/mol. The van der Waals surface area contributed by atoms with Gasteiger partial charge in [0, 0.05) is 17.3 Å². The minimum atomic E-state index is -0.310. The van der Waals surface area contributed by atoms with Crippen molar-refractivity contribution in [3.63, 3.8) is 0 Å². The zero-order valence-electron chi connectivity index (χ0n) is 33.5. The van der Waals surface area contributed by atoms with Gasteiger partial charge < -0.3 is 20.9 Å². The van der Waals surface area contributed by atoms with Crippen molar-refractivity contribution in [1.29, 1.82) is 0 Å².